The molecule has 0 atom stereocenters. The van der Waals surface area contributed by atoms with Gasteiger partial charge in [-0.1, -0.05) is 107 Å². The van der Waals surface area contributed by atoms with Crippen molar-refractivity contribution in [1.29, 1.82) is 0 Å². The van der Waals surface area contributed by atoms with Crippen molar-refractivity contribution in [3.8, 4) is 11.5 Å². The molecule has 0 aliphatic carbocycles. The van der Waals surface area contributed by atoms with Crippen LogP contribution in [0.15, 0.2) is 24.3 Å². The summed E-state index contributed by atoms with van der Waals surface area (Å²) in [6, 6.07) is 7.78. The van der Waals surface area contributed by atoms with E-state index in [9.17, 15) is 24.4 Å². The number of carbonyl (C=O) groups is 2. The van der Waals surface area contributed by atoms with Crippen LogP contribution in [0.5, 0.6) is 11.5 Å². The van der Waals surface area contributed by atoms with E-state index < -0.39 is 8.25 Å². The van der Waals surface area contributed by atoms with Crippen molar-refractivity contribution < 1.29 is 33.4 Å². The number of hydrogen-bond donors (Lipinski definition) is 2. The number of phenols is 2. The van der Waals surface area contributed by atoms with Gasteiger partial charge in [0, 0.05) is 17.4 Å². The molecule has 0 fully saturated rings. The molecule has 0 saturated carbocycles. The fourth-order valence-electron chi connectivity index (χ4n) is 4.96. The van der Waals surface area contributed by atoms with Crippen molar-refractivity contribution in [3.05, 3.63) is 57.6 Å². The van der Waals surface area contributed by atoms with Gasteiger partial charge in [0.1, 0.15) is 11.5 Å². The van der Waals surface area contributed by atoms with E-state index in [1.165, 1.54) is 0 Å². The molecule has 0 aromatic heterocycles. The molecular formula is C36H54O7P+. The lowest BCUT2D eigenvalue weighted by Crippen LogP contribution is -2.18. The Bertz CT molecular complexity index is 1190. The molecule has 0 unspecified atom stereocenters. The minimum atomic E-state index is -2.62. The number of aromatic hydroxyl groups is 2. The van der Waals surface area contributed by atoms with Crippen molar-refractivity contribution in [2.45, 2.75) is 130 Å². The molecule has 0 spiro atoms. The van der Waals surface area contributed by atoms with Crippen LogP contribution in [0, 0.1) is 0 Å². The fraction of sp³-hybridized carbons (Fsp3) is 0.611. The zero-order valence-electron chi connectivity index (χ0n) is 28.9. The van der Waals surface area contributed by atoms with Crippen LogP contribution in [0.3, 0.4) is 0 Å². The molecule has 0 aliphatic rings. The zero-order chi connectivity index (χ0) is 33.8. The first-order chi connectivity index (χ1) is 19.9. The minimum Gasteiger partial charge on any atom is -0.507 e. The second kappa shape index (κ2) is 14.2. The van der Waals surface area contributed by atoms with E-state index in [1.807, 2.05) is 107 Å². The highest BCUT2D eigenvalue weighted by Gasteiger charge is 2.29. The summed E-state index contributed by atoms with van der Waals surface area (Å²) in [7, 11) is -2.62. The highest BCUT2D eigenvalue weighted by molar-refractivity contribution is 7.33. The van der Waals surface area contributed by atoms with Crippen LogP contribution in [0.4, 0.5) is 0 Å². The van der Waals surface area contributed by atoms with E-state index in [0.717, 1.165) is 33.4 Å². The summed E-state index contributed by atoms with van der Waals surface area (Å²) >= 11 is 0. The van der Waals surface area contributed by atoms with Crippen LogP contribution in [0.2, 0.25) is 0 Å². The van der Waals surface area contributed by atoms with Crippen LogP contribution in [-0.2, 0) is 57.7 Å². The monoisotopic (exact) mass is 629 g/mol. The molecule has 0 bridgehead atoms. The number of ketones is 2. The van der Waals surface area contributed by atoms with Crippen LogP contribution < -0.4 is 0 Å². The molecule has 0 heterocycles. The Kier molecular flexibility index (Phi) is 12.2. The third-order valence-electron chi connectivity index (χ3n) is 7.62. The van der Waals surface area contributed by atoms with Gasteiger partial charge in [-0.3, -0.25) is 9.59 Å². The molecule has 0 radical (unpaired) electrons. The van der Waals surface area contributed by atoms with Crippen LogP contribution >= 0.6 is 8.25 Å². The van der Waals surface area contributed by atoms with E-state index in [2.05, 4.69) is 0 Å². The first kappa shape index (κ1) is 37.6. The third kappa shape index (κ3) is 10.8. The van der Waals surface area contributed by atoms with E-state index in [0.29, 0.717) is 24.3 Å². The molecular weight excluding hydrogens is 575 g/mol. The van der Waals surface area contributed by atoms with Crippen molar-refractivity contribution in [2.24, 2.45) is 0 Å². The average molecular weight is 630 g/mol. The second-order valence-corrected chi connectivity index (χ2v) is 16.9. The van der Waals surface area contributed by atoms with Crippen LogP contribution in [-0.4, -0.2) is 35.0 Å². The highest BCUT2D eigenvalue weighted by atomic mass is 31.1. The summed E-state index contributed by atoms with van der Waals surface area (Å²) in [6.07, 6.45) is 1.27. The van der Waals surface area contributed by atoms with Gasteiger partial charge in [-0.25, -0.2) is 0 Å². The molecule has 2 aromatic rings. The van der Waals surface area contributed by atoms with Crippen molar-refractivity contribution >= 4 is 19.8 Å². The molecule has 8 heteroatoms. The Morgan fingerprint density at radius 3 is 1.05 bits per heavy atom. The number of aryl methyl sites for hydroxylation is 2. The van der Waals surface area contributed by atoms with Crippen LogP contribution in [0.25, 0.3) is 0 Å². The maximum Gasteiger partial charge on any atom is 0.698 e. The largest absolute Gasteiger partial charge is 0.698 e. The number of benzene rings is 2. The van der Waals surface area contributed by atoms with Gasteiger partial charge in [-0.2, -0.15) is 0 Å². The number of phenolic OH excluding ortho intramolecular Hbond substituents is 2. The lowest BCUT2D eigenvalue weighted by Gasteiger charge is -2.28. The maximum atomic E-state index is 12.5. The molecule has 2 N–H and O–H groups in total. The van der Waals surface area contributed by atoms with Gasteiger partial charge < -0.3 is 10.2 Å². The van der Waals surface area contributed by atoms with Gasteiger partial charge in [-0.15, -0.1) is 9.05 Å². The normalized spacial score (nSPS) is 12.8. The average Bonchev–Trinajstić information content (AvgIpc) is 2.86. The molecule has 0 amide bonds. The van der Waals surface area contributed by atoms with Gasteiger partial charge in [0.05, 0.1) is 0 Å². The van der Waals surface area contributed by atoms with E-state index in [-0.39, 0.29) is 59.3 Å². The predicted octanol–water partition coefficient (Wildman–Crippen LogP) is 8.68. The predicted molar refractivity (Wildman–Crippen MR) is 177 cm³/mol. The summed E-state index contributed by atoms with van der Waals surface area (Å²) in [5.41, 5.74) is 4.14. The Balaban J connectivity index is 1.91. The van der Waals surface area contributed by atoms with Crippen LogP contribution in [0.1, 0.15) is 129 Å². The maximum absolute atomic E-state index is 12.5. The first-order valence-electron chi connectivity index (χ1n) is 15.4. The summed E-state index contributed by atoms with van der Waals surface area (Å²) in [5.74, 6) is 0.115. The lowest BCUT2D eigenvalue weighted by atomic mass is 9.78. The Labute approximate surface area is 265 Å². The van der Waals surface area contributed by atoms with Gasteiger partial charge in [-0.05, 0) is 67.9 Å². The Morgan fingerprint density at radius 1 is 0.568 bits per heavy atom. The highest BCUT2D eigenvalue weighted by Crippen LogP contribution is 2.41. The second-order valence-electron chi connectivity index (χ2n) is 15.9. The van der Waals surface area contributed by atoms with Crippen molar-refractivity contribution in [1.82, 2.24) is 0 Å². The number of Topliss-reactive ketones (excluding diaryl/α,β-unsaturated/α-hetero) is 2. The van der Waals surface area contributed by atoms with Crippen molar-refractivity contribution in [2.75, 3.05) is 13.2 Å². The van der Waals surface area contributed by atoms with Gasteiger partial charge >= 0.3 is 8.25 Å². The van der Waals surface area contributed by atoms with E-state index >= 15 is 0 Å². The van der Waals surface area contributed by atoms with Gasteiger partial charge in [0.25, 0.3) is 0 Å². The third-order valence-corrected chi connectivity index (χ3v) is 8.30. The molecule has 7 nitrogen and oxygen atoms in total. The smallest absolute Gasteiger partial charge is 0.507 e. The summed E-state index contributed by atoms with van der Waals surface area (Å²) in [4.78, 5) is 25.1. The summed E-state index contributed by atoms with van der Waals surface area (Å²) in [5, 5.41) is 21.8. The molecule has 0 aliphatic heterocycles. The van der Waals surface area contributed by atoms with E-state index in [4.69, 9.17) is 9.05 Å². The SMILES string of the molecule is CC(C)(C)c1cc(CCC(=O)CO[P+](=O)OCC(=O)CCc2cc(C(C)(C)C)c(O)c(C(C)(C)C)c2)cc(C(C)(C)C)c1O. The number of carbonyl (C=O) groups excluding carboxylic acids is 2. The van der Waals surface area contributed by atoms with Gasteiger partial charge in [0.15, 0.2) is 24.8 Å². The summed E-state index contributed by atoms with van der Waals surface area (Å²) < 4.78 is 22.5. The zero-order valence-corrected chi connectivity index (χ0v) is 29.8. The number of hydrogen-bond acceptors (Lipinski definition) is 7. The minimum absolute atomic E-state index is 0.180. The Hall–Kier alpha value is -2.60. The Morgan fingerprint density at radius 2 is 0.818 bits per heavy atom. The molecule has 0 saturated heterocycles. The topological polar surface area (TPSA) is 110 Å². The van der Waals surface area contributed by atoms with Gasteiger partial charge in [0.2, 0.25) is 0 Å². The molecule has 2 rings (SSSR count). The fourth-order valence-corrected chi connectivity index (χ4v) is 5.54. The molecule has 44 heavy (non-hydrogen) atoms. The first-order valence-corrected chi connectivity index (χ1v) is 16.5. The van der Waals surface area contributed by atoms with Crippen molar-refractivity contribution in [3.63, 3.8) is 0 Å². The molecule has 2 aromatic carbocycles. The quantitative estimate of drug-likeness (QED) is 0.226. The molecule has 244 valence electrons. The summed E-state index contributed by atoms with van der Waals surface area (Å²) in [6.45, 7) is 23.7. The lowest BCUT2D eigenvalue weighted by molar-refractivity contribution is -0.121. The van der Waals surface area contributed by atoms with E-state index in [1.54, 1.807) is 0 Å². The standard InChI is InChI=1S/C36H53O7P/c1-33(2,3)27-17-23(18-28(31(27)39)34(4,5)6)13-15-25(37)21-42-44(41)43-22-26(38)16-14-24-19-29(35(7,8)9)32(40)30(20-24)36(10,11)12/h17-20H,13-16,21-22H2,1-12H3,(H-,39,40)/p+1. The number of rotatable bonds is 12.